The molecule has 0 aliphatic heterocycles. The average Bonchev–Trinajstić information content (AvgIpc) is 2.28. The average molecular weight is 231 g/mol. The second kappa shape index (κ2) is 4.33. The van der Waals surface area contributed by atoms with Crippen molar-refractivity contribution >= 4 is 0 Å². The summed E-state index contributed by atoms with van der Waals surface area (Å²) >= 11 is 0. The third kappa shape index (κ3) is 2.01. The number of hydrogen-bond donors (Lipinski definition) is 1. The van der Waals surface area contributed by atoms with Gasteiger partial charge in [-0.3, -0.25) is 9.36 Å². The molecule has 0 fully saturated rings. The van der Waals surface area contributed by atoms with Gasteiger partial charge in [0.05, 0.1) is 12.8 Å². The summed E-state index contributed by atoms with van der Waals surface area (Å²) < 4.78 is 6.72. The number of aromatic hydroxyl groups is 1. The topological polar surface area (TPSA) is 51.5 Å². The van der Waals surface area contributed by atoms with Crippen molar-refractivity contribution in [1.82, 2.24) is 4.57 Å². The maximum Gasteiger partial charge on any atom is 0.259 e. The number of methoxy groups -OCH3 is 1. The molecule has 17 heavy (non-hydrogen) atoms. The minimum atomic E-state index is -0.285. The van der Waals surface area contributed by atoms with Crippen molar-refractivity contribution in [2.24, 2.45) is 0 Å². The van der Waals surface area contributed by atoms with E-state index in [9.17, 15) is 9.90 Å². The molecule has 0 spiro atoms. The maximum atomic E-state index is 11.9. The van der Waals surface area contributed by atoms with E-state index in [2.05, 4.69) is 0 Å². The summed E-state index contributed by atoms with van der Waals surface area (Å²) in [6, 6.07) is 9.96. The lowest BCUT2D eigenvalue weighted by Gasteiger charge is -2.13. The molecule has 0 saturated carbocycles. The van der Waals surface area contributed by atoms with E-state index in [4.69, 9.17) is 4.74 Å². The van der Waals surface area contributed by atoms with Crippen LogP contribution in [-0.4, -0.2) is 16.8 Å². The number of benzene rings is 1. The first-order valence-electron chi connectivity index (χ1n) is 5.19. The van der Waals surface area contributed by atoms with Crippen LogP contribution in [0.2, 0.25) is 0 Å². The zero-order valence-corrected chi connectivity index (χ0v) is 9.68. The normalized spacial score (nSPS) is 10.2. The fraction of sp³-hybridized carbons (Fsp3) is 0.154. The largest absolute Gasteiger partial charge is 0.508 e. The number of pyridine rings is 1. The molecule has 1 aromatic heterocycles. The van der Waals surface area contributed by atoms with E-state index in [0.29, 0.717) is 17.1 Å². The summed E-state index contributed by atoms with van der Waals surface area (Å²) in [6.07, 6.45) is 0. The minimum absolute atomic E-state index is 0.0290. The van der Waals surface area contributed by atoms with Crippen LogP contribution >= 0.6 is 0 Å². The lowest BCUT2D eigenvalue weighted by atomic mass is 10.2. The van der Waals surface area contributed by atoms with Gasteiger partial charge in [0.15, 0.2) is 0 Å². The Balaban J connectivity index is 2.73. The number of rotatable bonds is 2. The highest BCUT2D eigenvalue weighted by Crippen LogP contribution is 2.22. The summed E-state index contributed by atoms with van der Waals surface area (Å²) in [5.74, 6) is 0.585. The van der Waals surface area contributed by atoms with Gasteiger partial charge in [-0.15, -0.1) is 0 Å². The molecule has 88 valence electrons. The number of para-hydroxylation sites is 2. The molecule has 0 radical (unpaired) electrons. The Kier molecular flexibility index (Phi) is 2.87. The molecule has 4 nitrogen and oxygen atoms in total. The van der Waals surface area contributed by atoms with Crippen LogP contribution in [0.15, 0.2) is 41.2 Å². The Labute approximate surface area is 98.7 Å². The minimum Gasteiger partial charge on any atom is -0.508 e. The van der Waals surface area contributed by atoms with Gasteiger partial charge in [0.2, 0.25) is 0 Å². The van der Waals surface area contributed by atoms with E-state index in [1.807, 2.05) is 12.1 Å². The molecule has 2 rings (SSSR count). The molecule has 0 atom stereocenters. The van der Waals surface area contributed by atoms with Gasteiger partial charge in [0.1, 0.15) is 11.5 Å². The summed E-state index contributed by atoms with van der Waals surface area (Å²) in [6.45, 7) is 1.76. The first kappa shape index (κ1) is 11.3. The van der Waals surface area contributed by atoms with Gasteiger partial charge in [-0.25, -0.2) is 0 Å². The number of aromatic nitrogens is 1. The van der Waals surface area contributed by atoms with Crippen LogP contribution in [0.3, 0.4) is 0 Å². The molecule has 1 N–H and O–H groups in total. The van der Waals surface area contributed by atoms with Crippen molar-refractivity contribution < 1.29 is 9.84 Å². The van der Waals surface area contributed by atoms with Gasteiger partial charge in [-0.2, -0.15) is 0 Å². The molecule has 0 saturated heterocycles. The van der Waals surface area contributed by atoms with Gasteiger partial charge in [-0.05, 0) is 25.1 Å². The van der Waals surface area contributed by atoms with Crippen molar-refractivity contribution in [3.8, 4) is 17.2 Å². The molecular weight excluding hydrogens is 218 g/mol. The predicted molar refractivity (Wildman–Crippen MR) is 65.0 cm³/mol. The number of ether oxygens (including phenoxy) is 1. The maximum absolute atomic E-state index is 11.9. The second-order valence-corrected chi connectivity index (χ2v) is 3.70. The van der Waals surface area contributed by atoms with Crippen LogP contribution in [0.25, 0.3) is 5.69 Å². The van der Waals surface area contributed by atoms with E-state index in [1.165, 1.54) is 16.7 Å². The van der Waals surface area contributed by atoms with Crippen molar-refractivity contribution in [2.45, 2.75) is 6.92 Å². The van der Waals surface area contributed by atoms with Crippen LogP contribution in [0.4, 0.5) is 0 Å². The lowest BCUT2D eigenvalue weighted by Crippen LogP contribution is -2.19. The summed E-state index contributed by atoms with van der Waals surface area (Å²) in [5, 5.41) is 9.35. The Morgan fingerprint density at radius 2 is 1.94 bits per heavy atom. The predicted octanol–water partition coefficient (Wildman–Crippen LogP) is 1.86. The fourth-order valence-electron chi connectivity index (χ4n) is 1.81. The van der Waals surface area contributed by atoms with E-state index in [0.717, 1.165) is 0 Å². The Morgan fingerprint density at radius 3 is 2.59 bits per heavy atom. The molecule has 0 amide bonds. The molecule has 0 unspecified atom stereocenters. The van der Waals surface area contributed by atoms with E-state index in [1.54, 1.807) is 26.2 Å². The van der Waals surface area contributed by atoms with Gasteiger partial charge < -0.3 is 9.84 Å². The van der Waals surface area contributed by atoms with Crippen molar-refractivity contribution in [3.05, 3.63) is 52.4 Å². The van der Waals surface area contributed by atoms with Crippen LogP contribution in [-0.2, 0) is 0 Å². The number of aryl methyl sites for hydroxylation is 1. The van der Waals surface area contributed by atoms with E-state index in [-0.39, 0.29) is 11.3 Å². The van der Waals surface area contributed by atoms with Gasteiger partial charge in [0.25, 0.3) is 5.56 Å². The lowest BCUT2D eigenvalue weighted by molar-refractivity contribution is 0.412. The third-order valence-corrected chi connectivity index (χ3v) is 2.53. The highest BCUT2D eigenvalue weighted by atomic mass is 16.5. The summed E-state index contributed by atoms with van der Waals surface area (Å²) in [5.41, 5.74) is 1.03. The van der Waals surface area contributed by atoms with Gasteiger partial charge in [-0.1, -0.05) is 12.1 Å². The van der Waals surface area contributed by atoms with Crippen LogP contribution in [0.1, 0.15) is 5.69 Å². The van der Waals surface area contributed by atoms with Crippen LogP contribution in [0, 0.1) is 6.92 Å². The Morgan fingerprint density at radius 1 is 1.24 bits per heavy atom. The molecule has 1 aromatic carbocycles. The zero-order chi connectivity index (χ0) is 12.4. The van der Waals surface area contributed by atoms with Crippen molar-refractivity contribution in [2.75, 3.05) is 7.11 Å². The Hall–Kier alpha value is -2.23. The first-order valence-corrected chi connectivity index (χ1v) is 5.19. The number of nitrogens with zero attached hydrogens (tertiary/aromatic N) is 1. The summed E-state index contributed by atoms with van der Waals surface area (Å²) in [4.78, 5) is 11.9. The molecule has 1 heterocycles. The third-order valence-electron chi connectivity index (χ3n) is 2.53. The van der Waals surface area contributed by atoms with Crippen molar-refractivity contribution in [1.29, 1.82) is 0 Å². The Bertz CT molecular complexity index is 602. The van der Waals surface area contributed by atoms with Crippen LogP contribution < -0.4 is 10.3 Å². The van der Waals surface area contributed by atoms with E-state index < -0.39 is 0 Å². The highest BCUT2D eigenvalue weighted by molar-refractivity contribution is 5.48. The quantitative estimate of drug-likeness (QED) is 0.858. The zero-order valence-electron chi connectivity index (χ0n) is 9.68. The van der Waals surface area contributed by atoms with Crippen LogP contribution in [0.5, 0.6) is 11.5 Å². The smallest absolute Gasteiger partial charge is 0.259 e. The van der Waals surface area contributed by atoms with Crippen molar-refractivity contribution in [3.63, 3.8) is 0 Å². The molecule has 2 aromatic rings. The molecule has 0 aliphatic rings. The SMILES string of the molecule is COc1ccccc1-n1c(C)cc(O)cc1=O. The van der Waals surface area contributed by atoms with Gasteiger partial charge in [0, 0.05) is 11.8 Å². The molecule has 0 bridgehead atoms. The van der Waals surface area contributed by atoms with E-state index >= 15 is 0 Å². The van der Waals surface area contributed by atoms with Gasteiger partial charge >= 0.3 is 0 Å². The molecule has 0 aliphatic carbocycles. The molecule has 4 heteroatoms. The monoisotopic (exact) mass is 231 g/mol. The fourth-order valence-corrected chi connectivity index (χ4v) is 1.81. The second-order valence-electron chi connectivity index (χ2n) is 3.70. The highest BCUT2D eigenvalue weighted by Gasteiger charge is 2.09. The number of hydrogen-bond acceptors (Lipinski definition) is 3. The first-order chi connectivity index (χ1) is 8.13. The molecular formula is C13H13NO3. The standard InChI is InChI=1S/C13H13NO3/c1-9-7-10(15)8-13(16)14(9)11-5-3-4-6-12(11)17-2/h3-8,15H,1-2H3. The summed E-state index contributed by atoms with van der Waals surface area (Å²) in [7, 11) is 1.56.